The summed E-state index contributed by atoms with van der Waals surface area (Å²) in [5, 5.41) is 13.4. The Balaban J connectivity index is 1.28. The Bertz CT molecular complexity index is 470. The number of piperidine rings is 1. The first-order valence-electron chi connectivity index (χ1n) is 8.71. The Labute approximate surface area is 137 Å². The van der Waals surface area contributed by atoms with Crippen LogP contribution in [0.5, 0.6) is 5.75 Å². The van der Waals surface area contributed by atoms with Gasteiger partial charge in [0.25, 0.3) is 0 Å². The molecule has 0 bridgehead atoms. The minimum atomic E-state index is -0.551. The fourth-order valence-electron chi connectivity index (χ4n) is 3.07. The second kappa shape index (κ2) is 8.08. The van der Waals surface area contributed by atoms with Gasteiger partial charge < -0.3 is 20.1 Å². The average molecular weight is 322 g/mol. The number of aliphatic hydroxyl groups is 1. The van der Waals surface area contributed by atoms with Gasteiger partial charge in [0.15, 0.2) is 0 Å². The molecule has 2 fully saturated rings. The smallest absolute Gasteiger partial charge is 0.123 e. The van der Waals surface area contributed by atoms with Crippen molar-refractivity contribution in [2.24, 2.45) is 5.92 Å². The summed E-state index contributed by atoms with van der Waals surface area (Å²) in [5.41, 5.74) is 0. The van der Waals surface area contributed by atoms with E-state index < -0.39 is 6.10 Å². The summed E-state index contributed by atoms with van der Waals surface area (Å²) in [4.78, 5) is 2.57. The van der Waals surface area contributed by atoms with E-state index in [4.69, 9.17) is 4.74 Å². The first kappa shape index (κ1) is 16.7. The highest BCUT2D eigenvalue weighted by Gasteiger charge is 2.27. The van der Waals surface area contributed by atoms with Crippen LogP contribution >= 0.6 is 0 Å². The summed E-state index contributed by atoms with van der Waals surface area (Å²) in [6, 6.07) is 6.35. The van der Waals surface area contributed by atoms with Crippen LogP contribution in [0.3, 0.4) is 0 Å². The van der Waals surface area contributed by atoms with E-state index in [2.05, 4.69) is 10.2 Å². The summed E-state index contributed by atoms with van der Waals surface area (Å²) >= 11 is 0. The summed E-state index contributed by atoms with van der Waals surface area (Å²) in [6.07, 6.45) is 4.58. The maximum absolute atomic E-state index is 12.8. The number of ether oxygens (including phenoxy) is 1. The fraction of sp³-hybridized carbons (Fsp3) is 0.667. The molecule has 2 aliphatic rings. The van der Waals surface area contributed by atoms with Crippen LogP contribution < -0.4 is 10.1 Å². The SMILES string of the molecule is OC(CNC1CCN(CC2CC2)CC1)COc1ccc(F)cc1. The van der Waals surface area contributed by atoms with Crippen LogP contribution in [-0.2, 0) is 0 Å². The predicted octanol–water partition coefficient (Wildman–Crippen LogP) is 2.03. The molecule has 5 heteroatoms. The number of aliphatic hydroxyl groups excluding tert-OH is 1. The van der Waals surface area contributed by atoms with E-state index >= 15 is 0 Å². The second-order valence-corrected chi connectivity index (χ2v) is 6.85. The molecule has 1 aliphatic heterocycles. The molecular formula is C18H27FN2O2. The number of hydrogen-bond acceptors (Lipinski definition) is 4. The van der Waals surface area contributed by atoms with E-state index in [9.17, 15) is 9.50 Å². The average Bonchev–Trinajstić information content (AvgIpc) is 3.38. The Morgan fingerprint density at radius 2 is 1.87 bits per heavy atom. The number of likely N-dealkylation sites (tertiary alicyclic amines) is 1. The molecule has 0 spiro atoms. The van der Waals surface area contributed by atoms with Gasteiger partial charge in [-0.05, 0) is 69.0 Å². The molecule has 1 aliphatic carbocycles. The molecule has 4 nitrogen and oxygen atoms in total. The number of nitrogens with one attached hydrogen (secondary N) is 1. The van der Waals surface area contributed by atoms with Crippen LogP contribution in [0.2, 0.25) is 0 Å². The van der Waals surface area contributed by atoms with E-state index in [-0.39, 0.29) is 12.4 Å². The van der Waals surface area contributed by atoms with E-state index in [1.807, 2.05) is 0 Å². The molecule has 1 aromatic rings. The van der Waals surface area contributed by atoms with Crippen molar-refractivity contribution in [2.75, 3.05) is 32.8 Å². The quantitative estimate of drug-likeness (QED) is 0.769. The summed E-state index contributed by atoms with van der Waals surface area (Å²) < 4.78 is 18.3. The molecule has 1 saturated heterocycles. The minimum Gasteiger partial charge on any atom is -0.491 e. The Hall–Kier alpha value is -1.17. The number of halogens is 1. The normalized spacial score (nSPS) is 21.3. The van der Waals surface area contributed by atoms with Crippen molar-refractivity contribution in [3.05, 3.63) is 30.1 Å². The van der Waals surface area contributed by atoms with Crippen molar-refractivity contribution < 1.29 is 14.2 Å². The molecule has 1 atom stereocenters. The molecule has 1 saturated carbocycles. The zero-order valence-electron chi connectivity index (χ0n) is 13.6. The highest BCUT2D eigenvalue weighted by atomic mass is 19.1. The van der Waals surface area contributed by atoms with Gasteiger partial charge in [-0.2, -0.15) is 0 Å². The highest BCUT2D eigenvalue weighted by molar-refractivity contribution is 5.22. The highest BCUT2D eigenvalue weighted by Crippen LogP contribution is 2.30. The van der Waals surface area contributed by atoms with Gasteiger partial charge in [0.1, 0.15) is 24.3 Å². The van der Waals surface area contributed by atoms with Gasteiger partial charge in [-0.15, -0.1) is 0 Å². The molecule has 1 aromatic carbocycles. The van der Waals surface area contributed by atoms with Crippen molar-refractivity contribution in [1.82, 2.24) is 10.2 Å². The third-order valence-corrected chi connectivity index (χ3v) is 4.70. The Kier molecular flexibility index (Phi) is 5.86. The first-order chi connectivity index (χ1) is 11.2. The van der Waals surface area contributed by atoms with E-state index in [1.165, 1.54) is 31.5 Å². The summed E-state index contributed by atoms with van der Waals surface area (Å²) in [6.45, 7) is 4.36. The van der Waals surface area contributed by atoms with Crippen LogP contribution in [0.4, 0.5) is 4.39 Å². The van der Waals surface area contributed by atoms with Crippen LogP contribution in [0.25, 0.3) is 0 Å². The maximum atomic E-state index is 12.8. The van der Waals surface area contributed by atoms with Crippen LogP contribution in [0.1, 0.15) is 25.7 Å². The first-order valence-corrected chi connectivity index (χ1v) is 8.71. The Morgan fingerprint density at radius 3 is 2.52 bits per heavy atom. The van der Waals surface area contributed by atoms with Crippen molar-refractivity contribution in [1.29, 1.82) is 0 Å². The molecule has 2 N–H and O–H groups in total. The molecule has 0 amide bonds. The van der Waals surface area contributed by atoms with Crippen LogP contribution in [-0.4, -0.2) is 54.9 Å². The van der Waals surface area contributed by atoms with E-state index in [0.29, 0.717) is 18.3 Å². The molecule has 3 rings (SSSR count). The van der Waals surface area contributed by atoms with Crippen molar-refractivity contribution >= 4 is 0 Å². The van der Waals surface area contributed by atoms with Crippen molar-refractivity contribution in [2.45, 2.75) is 37.8 Å². The lowest BCUT2D eigenvalue weighted by Gasteiger charge is -2.32. The van der Waals surface area contributed by atoms with Gasteiger partial charge in [0.05, 0.1) is 0 Å². The zero-order valence-corrected chi connectivity index (χ0v) is 13.6. The fourth-order valence-corrected chi connectivity index (χ4v) is 3.07. The number of benzene rings is 1. The van der Waals surface area contributed by atoms with Crippen LogP contribution in [0.15, 0.2) is 24.3 Å². The molecule has 0 radical (unpaired) electrons. The van der Waals surface area contributed by atoms with Gasteiger partial charge >= 0.3 is 0 Å². The van der Waals surface area contributed by atoms with Gasteiger partial charge in [-0.3, -0.25) is 0 Å². The molecular weight excluding hydrogens is 295 g/mol. The minimum absolute atomic E-state index is 0.221. The van der Waals surface area contributed by atoms with Crippen LogP contribution in [0, 0.1) is 11.7 Å². The summed E-state index contributed by atoms with van der Waals surface area (Å²) in [7, 11) is 0. The summed E-state index contributed by atoms with van der Waals surface area (Å²) in [5.74, 6) is 1.26. The predicted molar refractivity (Wildman–Crippen MR) is 88.1 cm³/mol. The lowest BCUT2D eigenvalue weighted by atomic mass is 10.0. The zero-order chi connectivity index (χ0) is 16.1. The monoisotopic (exact) mass is 322 g/mol. The van der Waals surface area contributed by atoms with Gasteiger partial charge in [-0.25, -0.2) is 4.39 Å². The number of hydrogen-bond donors (Lipinski definition) is 2. The standard InChI is InChI=1S/C18H27FN2O2/c19-15-3-5-18(6-4-15)23-13-17(22)11-20-16-7-9-21(10-8-16)12-14-1-2-14/h3-6,14,16-17,20,22H,1-2,7-13H2. The number of nitrogens with zero attached hydrogens (tertiary/aromatic N) is 1. The molecule has 1 unspecified atom stereocenters. The van der Waals surface area contributed by atoms with E-state index in [1.54, 1.807) is 12.1 Å². The number of rotatable bonds is 8. The third kappa shape index (κ3) is 5.75. The molecule has 1 heterocycles. The topological polar surface area (TPSA) is 44.7 Å². The second-order valence-electron chi connectivity index (χ2n) is 6.85. The molecule has 128 valence electrons. The van der Waals surface area contributed by atoms with E-state index in [0.717, 1.165) is 31.8 Å². The maximum Gasteiger partial charge on any atom is 0.123 e. The lowest BCUT2D eigenvalue weighted by Crippen LogP contribution is -2.45. The largest absolute Gasteiger partial charge is 0.491 e. The van der Waals surface area contributed by atoms with Crippen molar-refractivity contribution in [3.8, 4) is 5.75 Å². The molecule has 0 aromatic heterocycles. The molecule has 23 heavy (non-hydrogen) atoms. The Morgan fingerprint density at radius 1 is 1.17 bits per heavy atom. The van der Waals surface area contributed by atoms with Gasteiger partial charge in [-0.1, -0.05) is 0 Å². The van der Waals surface area contributed by atoms with Gasteiger partial charge in [0, 0.05) is 19.1 Å². The van der Waals surface area contributed by atoms with Crippen molar-refractivity contribution in [3.63, 3.8) is 0 Å². The lowest BCUT2D eigenvalue weighted by molar-refractivity contribution is 0.0980. The third-order valence-electron chi connectivity index (χ3n) is 4.70. The van der Waals surface area contributed by atoms with Gasteiger partial charge in [0.2, 0.25) is 0 Å².